The SMILES string of the molecule is CCc1cccc(OCCF)c1OCCF. The molecule has 0 radical (unpaired) electrons. The van der Waals surface area contributed by atoms with Crippen LogP contribution in [0.5, 0.6) is 11.5 Å². The van der Waals surface area contributed by atoms with Crippen molar-refractivity contribution >= 4 is 0 Å². The van der Waals surface area contributed by atoms with Crippen molar-refractivity contribution in [2.24, 2.45) is 0 Å². The number of alkyl halides is 2. The molecule has 4 heteroatoms. The summed E-state index contributed by atoms with van der Waals surface area (Å²) < 4.78 is 34.6. The molecule has 90 valence electrons. The van der Waals surface area contributed by atoms with E-state index < -0.39 is 13.3 Å². The van der Waals surface area contributed by atoms with Crippen LogP contribution in [0, 0.1) is 0 Å². The fourth-order valence-electron chi connectivity index (χ4n) is 1.41. The quantitative estimate of drug-likeness (QED) is 0.717. The molecule has 0 atom stereocenters. The lowest BCUT2D eigenvalue weighted by atomic mass is 10.1. The Morgan fingerprint density at radius 1 is 1.06 bits per heavy atom. The summed E-state index contributed by atoms with van der Waals surface area (Å²) in [6, 6.07) is 5.40. The summed E-state index contributed by atoms with van der Waals surface area (Å²) >= 11 is 0. The van der Waals surface area contributed by atoms with Gasteiger partial charge in [-0.2, -0.15) is 0 Å². The van der Waals surface area contributed by atoms with Gasteiger partial charge in [0.1, 0.15) is 26.6 Å². The Morgan fingerprint density at radius 3 is 2.38 bits per heavy atom. The highest BCUT2D eigenvalue weighted by Gasteiger charge is 2.09. The topological polar surface area (TPSA) is 18.5 Å². The number of benzene rings is 1. The Bertz CT molecular complexity index is 316. The van der Waals surface area contributed by atoms with Crippen LogP contribution >= 0.6 is 0 Å². The summed E-state index contributed by atoms with van der Waals surface area (Å²) in [7, 11) is 0. The number of rotatable bonds is 7. The highest BCUT2D eigenvalue weighted by atomic mass is 19.1. The summed E-state index contributed by atoms with van der Waals surface area (Å²) in [6.45, 7) is 0.832. The van der Waals surface area contributed by atoms with E-state index in [1.165, 1.54) is 0 Å². The van der Waals surface area contributed by atoms with Crippen LogP contribution < -0.4 is 9.47 Å². The van der Waals surface area contributed by atoms with E-state index in [0.29, 0.717) is 11.5 Å². The molecule has 0 heterocycles. The van der Waals surface area contributed by atoms with Gasteiger partial charge in [-0.1, -0.05) is 19.1 Å². The van der Waals surface area contributed by atoms with Gasteiger partial charge in [0.2, 0.25) is 0 Å². The Hall–Kier alpha value is -1.32. The number of ether oxygens (including phenoxy) is 2. The first kappa shape index (κ1) is 12.7. The normalized spacial score (nSPS) is 10.2. The first-order valence-electron chi connectivity index (χ1n) is 5.32. The second-order valence-electron chi connectivity index (χ2n) is 3.17. The van der Waals surface area contributed by atoms with Gasteiger partial charge in [0.25, 0.3) is 0 Å². The number of aryl methyl sites for hydroxylation is 1. The number of hydrogen-bond acceptors (Lipinski definition) is 2. The van der Waals surface area contributed by atoms with Gasteiger partial charge in [0.05, 0.1) is 0 Å². The van der Waals surface area contributed by atoms with Crippen molar-refractivity contribution in [3.05, 3.63) is 23.8 Å². The smallest absolute Gasteiger partial charge is 0.164 e. The van der Waals surface area contributed by atoms with Crippen LogP contribution in [0.3, 0.4) is 0 Å². The molecule has 1 aromatic carbocycles. The van der Waals surface area contributed by atoms with E-state index in [1.807, 2.05) is 19.1 Å². The lowest BCUT2D eigenvalue weighted by Crippen LogP contribution is -2.06. The molecule has 0 aromatic heterocycles. The molecule has 0 fully saturated rings. The molecule has 0 saturated heterocycles. The molecule has 1 aromatic rings. The van der Waals surface area contributed by atoms with Gasteiger partial charge in [-0.05, 0) is 18.1 Å². The number of para-hydroxylation sites is 1. The molecule has 0 aliphatic heterocycles. The Kier molecular flexibility index (Phi) is 5.61. The largest absolute Gasteiger partial charge is 0.487 e. The van der Waals surface area contributed by atoms with Crippen molar-refractivity contribution in [3.8, 4) is 11.5 Å². The second kappa shape index (κ2) is 7.04. The van der Waals surface area contributed by atoms with Gasteiger partial charge in [-0.3, -0.25) is 0 Å². The maximum atomic E-state index is 12.1. The summed E-state index contributed by atoms with van der Waals surface area (Å²) in [4.78, 5) is 0. The molecule has 0 N–H and O–H groups in total. The summed E-state index contributed by atoms with van der Waals surface area (Å²) in [5.74, 6) is 1.00. The molecule has 1 rings (SSSR count). The fourth-order valence-corrected chi connectivity index (χ4v) is 1.41. The second-order valence-corrected chi connectivity index (χ2v) is 3.17. The van der Waals surface area contributed by atoms with Gasteiger partial charge in [-0.25, -0.2) is 8.78 Å². The Morgan fingerprint density at radius 2 is 1.75 bits per heavy atom. The fraction of sp³-hybridized carbons (Fsp3) is 0.500. The van der Waals surface area contributed by atoms with E-state index in [2.05, 4.69) is 0 Å². The third-order valence-corrected chi connectivity index (χ3v) is 2.10. The Balaban J connectivity index is 2.86. The molecule has 0 bridgehead atoms. The van der Waals surface area contributed by atoms with Gasteiger partial charge >= 0.3 is 0 Å². The van der Waals surface area contributed by atoms with E-state index in [-0.39, 0.29) is 13.2 Å². The van der Waals surface area contributed by atoms with Crippen LogP contribution in [0.2, 0.25) is 0 Å². The first-order valence-corrected chi connectivity index (χ1v) is 5.32. The molecule has 0 aliphatic carbocycles. The molecular weight excluding hydrogens is 214 g/mol. The molecule has 2 nitrogen and oxygen atoms in total. The van der Waals surface area contributed by atoms with Crippen LogP contribution in [0.15, 0.2) is 18.2 Å². The van der Waals surface area contributed by atoms with Crippen molar-refractivity contribution in [3.63, 3.8) is 0 Å². The monoisotopic (exact) mass is 230 g/mol. The standard InChI is InChI=1S/C12H16F2O2/c1-2-10-4-3-5-11(15-8-6-13)12(10)16-9-7-14/h3-5H,2,6-9H2,1H3. The molecule has 0 amide bonds. The van der Waals surface area contributed by atoms with Crippen molar-refractivity contribution in [2.75, 3.05) is 26.6 Å². The highest BCUT2D eigenvalue weighted by Crippen LogP contribution is 2.31. The predicted molar refractivity (Wildman–Crippen MR) is 58.8 cm³/mol. The van der Waals surface area contributed by atoms with Crippen LogP contribution in [-0.2, 0) is 6.42 Å². The average molecular weight is 230 g/mol. The lowest BCUT2D eigenvalue weighted by Gasteiger charge is -2.14. The zero-order valence-corrected chi connectivity index (χ0v) is 9.34. The molecule has 0 unspecified atom stereocenters. The minimum atomic E-state index is -0.557. The summed E-state index contributed by atoms with van der Waals surface area (Å²) in [5.41, 5.74) is 0.935. The Labute approximate surface area is 94.2 Å². The van der Waals surface area contributed by atoms with Crippen molar-refractivity contribution < 1.29 is 18.3 Å². The van der Waals surface area contributed by atoms with Crippen LogP contribution in [-0.4, -0.2) is 26.6 Å². The van der Waals surface area contributed by atoms with E-state index in [4.69, 9.17) is 9.47 Å². The van der Waals surface area contributed by atoms with Crippen molar-refractivity contribution in [2.45, 2.75) is 13.3 Å². The molecule has 0 spiro atoms. The minimum Gasteiger partial charge on any atom is -0.487 e. The first-order chi connectivity index (χ1) is 7.83. The summed E-state index contributed by atoms with van der Waals surface area (Å²) in [5, 5.41) is 0. The van der Waals surface area contributed by atoms with Gasteiger partial charge in [0, 0.05) is 0 Å². The molecule has 0 saturated carbocycles. The third-order valence-electron chi connectivity index (χ3n) is 2.10. The lowest BCUT2D eigenvalue weighted by molar-refractivity contribution is 0.233. The zero-order valence-electron chi connectivity index (χ0n) is 9.34. The van der Waals surface area contributed by atoms with Gasteiger partial charge < -0.3 is 9.47 Å². The van der Waals surface area contributed by atoms with E-state index in [0.717, 1.165) is 12.0 Å². The van der Waals surface area contributed by atoms with E-state index in [9.17, 15) is 8.78 Å². The number of halogens is 2. The third kappa shape index (κ3) is 3.36. The van der Waals surface area contributed by atoms with Crippen LogP contribution in [0.25, 0.3) is 0 Å². The van der Waals surface area contributed by atoms with Crippen LogP contribution in [0.1, 0.15) is 12.5 Å². The van der Waals surface area contributed by atoms with E-state index >= 15 is 0 Å². The van der Waals surface area contributed by atoms with Gasteiger partial charge in [0.15, 0.2) is 11.5 Å². The van der Waals surface area contributed by atoms with Gasteiger partial charge in [-0.15, -0.1) is 0 Å². The average Bonchev–Trinajstić information content (AvgIpc) is 2.33. The molecule has 0 aliphatic rings. The number of hydrogen-bond donors (Lipinski definition) is 0. The van der Waals surface area contributed by atoms with Crippen LogP contribution in [0.4, 0.5) is 8.78 Å². The zero-order chi connectivity index (χ0) is 11.8. The van der Waals surface area contributed by atoms with E-state index in [1.54, 1.807) is 6.07 Å². The highest BCUT2D eigenvalue weighted by molar-refractivity contribution is 5.46. The van der Waals surface area contributed by atoms with Crippen molar-refractivity contribution in [1.29, 1.82) is 0 Å². The molecular formula is C12H16F2O2. The van der Waals surface area contributed by atoms with Crippen molar-refractivity contribution in [1.82, 2.24) is 0 Å². The minimum absolute atomic E-state index is 0.0109. The predicted octanol–water partition coefficient (Wildman–Crippen LogP) is 2.95. The molecule has 16 heavy (non-hydrogen) atoms. The maximum absolute atomic E-state index is 12.1. The summed E-state index contributed by atoms with van der Waals surface area (Å²) in [6.07, 6.45) is 0.758. The maximum Gasteiger partial charge on any atom is 0.164 e.